The van der Waals surface area contributed by atoms with Crippen molar-refractivity contribution in [1.29, 1.82) is 0 Å². The fraction of sp³-hybridized carbons (Fsp3) is 0.647. The largest absolute Gasteiger partial charge is 0.0654 e. The summed E-state index contributed by atoms with van der Waals surface area (Å²) < 4.78 is 0. The number of hydrogen-bond acceptors (Lipinski definition) is 0. The monoisotopic (exact) mass is 232 g/mol. The Labute approximate surface area is 107 Å². The molecule has 0 bridgehead atoms. The van der Waals surface area contributed by atoms with E-state index < -0.39 is 0 Å². The summed E-state index contributed by atoms with van der Waals surface area (Å²) >= 11 is 0. The van der Waals surface area contributed by atoms with Crippen LogP contribution in [0.4, 0.5) is 0 Å². The molecule has 1 aromatic carbocycles. The first-order valence-electron chi connectivity index (χ1n) is 7.34. The van der Waals surface area contributed by atoms with Crippen molar-refractivity contribution in [3.8, 4) is 0 Å². The summed E-state index contributed by atoms with van der Waals surface area (Å²) in [4.78, 5) is 0. The van der Waals surface area contributed by atoms with E-state index in [-0.39, 0.29) is 0 Å². The summed E-state index contributed by atoms with van der Waals surface area (Å²) in [5, 5.41) is 0. The van der Waals surface area contributed by atoms with E-state index in [1.54, 1.807) is 16.7 Å². The van der Waals surface area contributed by atoms with Gasteiger partial charge in [-0.1, -0.05) is 45.7 Å². The summed E-state index contributed by atoms with van der Waals surface area (Å²) in [5.41, 5.74) is 6.39. The molecule has 1 rings (SSSR count). The Balaban J connectivity index is 3.00. The molecule has 0 aliphatic heterocycles. The van der Waals surface area contributed by atoms with Crippen LogP contribution < -0.4 is 0 Å². The third-order valence-corrected chi connectivity index (χ3v) is 3.70. The van der Waals surface area contributed by atoms with Crippen LogP contribution in [0.2, 0.25) is 0 Å². The first kappa shape index (κ1) is 14.3. The van der Waals surface area contributed by atoms with Crippen molar-refractivity contribution < 1.29 is 0 Å². The van der Waals surface area contributed by atoms with Crippen molar-refractivity contribution in [1.82, 2.24) is 0 Å². The van der Waals surface area contributed by atoms with Crippen LogP contribution in [-0.2, 0) is 19.3 Å². The van der Waals surface area contributed by atoms with E-state index in [2.05, 4.69) is 39.8 Å². The molecule has 0 fully saturated rings. The van der Waals surface area contributed by atoms with E-state index in [0.29, 0.717) is 0 Å². The van der Waals surface area contributed by atoms with E-state index in [1.807, 2.05) is 0 Å². The molecule has 0 aliphatic rings. The summed E-state index contributed by atoms with van der Waals surface area (Å²) in [6, 6.07) is 4.69. The normalized spacial score (nSPS) is 10.8. The van der Waals surface area contributed by atoms with Gasteiger partial charge in [-0.05, 0) is 61.3 Å². The molecular formula is C17H28. The Morgan fingerprint density at radius 3 is 2.06 bits per heavy atom. The number of unbranched alkanes of at least 4 members (excludes halogenated alkanes) is 2. The van der Waals surface area contributed by atoms with E-state index in [0.717, 1.165) is 0 Å². The molecule has 96 valence electrons. The second kappa shape index (κ2) is 7.53. The van der Waals surface area contributed by atoms with E-state index in [4.69, 9.17) is 0 Å². The molecule has 0 unspecified atom stereocenters. The second-order valence-electron chi connectivity index (χ2n) is 5.06. The predicted octanol–water partition coefficient (Wildman–Crippen LogP) is 5.24. The number of aryl methyl sites for hydroxylation is 2. The van der Waals surface area contributed by atoms with E-state index >= 15 is 0 Å². The highest BCUT2D eigenvalue weighted by molar-refractivity contribution is 5.41. The van der Waals surface area contributed by atoms with Crippen molar-refractivity contribution in [3.63, 3.8) is 0 Å². The van der Waals surface area contributed by atoms with Gasteiger partial charge in [0.1, 0.15) is 0 Å². The van der Waals surface area contributed by atoms with Gasteiger partial charge in [-0.3, -0.25) is 0 Å². The van der Waals surface area contributed by atoms with E-state index in [1.165, 1.54) is 50.5 Å². The molecule has 1 aromatic rings. The Bertz CT molecular complexity index is 336. The minimum atomic E-state index is 1.19. The molecule has 0 radical (unpaired) electrons. The molecule has 0 saturated carbocycles. The maximum atomic E-state index is 2.37. The third kappa shape index (κ3) is 3.87. The molecule has 0 saturated heterocycles. The Kier molecular flexibility index (Phi) is 6.32. The first-order valence-corrected chi connectivity index (χ1v) is 7.34. The van der Waals surface area contributed by atoms with Gasteiger partial charge in [0, 0.05) is 0 Å². The number of benzene rings is 1. The van der Waals surface area contributed by atoms with Gasteiger partial charge in [-0.2, -0.15) is 0 Å². The average molecular weight is 232 g/mol. The summed E-state index contributed by atoms with van der Waals surface area (Å²) in [6.45, 7) is 9.12. The molecule has 0 N–H and O–H groups in total. The van der Waals surface area contributed by atoms with Crippen molar-refractivity contribution >= 4 is 0 Å². The van der Waals surface area contributed by atoms with Gasteiger partial charge in [-0.15, -0.1) is 0 Å². The number of rotatable bonds is 7. The molecule has 0 aliphatic carbocycles. The second-order valence-corrected chi connectivity index (χ2v) is 5.06. The zero-order valence-corrected chi connectivity index (χ0v) is 12.1. The third-order valence-electron chi connectivity index (χ3n) is 3.70. The molecule has 0 spiro atoms. The van der Waals surface area contributed by atoms with Crippen molar-refractivity contribution in [2.24, 2.45) is 0 Å². The van der Waals surface area contributed by atoms with Crippen LogP contribution in [0, 0.1) is 6.92 Å². The van der Waals surface area contributed by atoms with Crippen molar-refractivity contribution in [3.05, 3.63) is 34.4 Å². The topological polar surface area (TPSA) is 0 Å². The highest BCUT2D eigenvalue weighted by Crippen LogP contribution is 2.23. The lowest BCUT2D eigenvalue weighted by Crippen LogP contribution is -2.02. The van der Waals surface area contributed by atoms with Crippen LogP contribution in [0.5, 0.6) is 0 Å². The molecule has 17 heavy (non-hydrogen) atoms. The van der Waals surface area contributed by atoms with E-state index in [9.17, 15) is 0 Å². The minimum Gasteiger partial charge on any atom is -0.0654 e. The van der Waals surface area contributed by atoms with Crippen LogP contribution in [0.25, 0.3) is 0 Å². The fourth-order valence-electron chi connectivity index (χ4n) is 2.62. The lowest BCUT2D eigenvalue weighted by molar-refractivity contribution is 0.750. The van der Waals surface area contributed by atoms with Crippen molar-refractivity contribution in [2.75, 3.05) is 0 Å². The predicted molar refractivity (Wildman–Crippen MR) is 77.8 cm³/mol. The molecule has 0 aromatic heterocycles. The van der Waals surface area contributed by atoms with Gasteiger partial charge in [0.15, 0.2) is 0 Å². The molecule has 0 nitrogen and oxygen atoms in total. The summed E-state index contributed by atoms with van der Waals surface area (Å²) in [5.74, 6) is 0. The van der Waals surface area contributed by atoms with Gasteiger partial charge in [0.25, 0.3) is 0 Å². The van der Waals surface area contributed by atoms with Crippen LogP contribution >= 0.6 is 0 Å². The molecular weight excluding hydrogens is 204 g/mol. The maximum absolute atomic E-state index is 2.37. The van der Waals surface area contributed by atoms with Crippen LogP contribution in [0.1, 0.15) is 68.7 Å². The highest BCUT2D eigenvalue weighted by Gasteiger charge is 2.09. The van der Waals surface area contributed by atoms with Crippen molar-refractivity contribution in [2.45, 2.75) is 72.6 Å². The molecule has 0 atom stereocenters. The minimum absolute atomic E-state index is 1.19. The summed E-state index contributed by atoms with van der Waals surface area (Å²) in [6.07, 6.45) is 8.97. The fourth-order valence-corrected chi connectivity index (χ4v) is 2.62. The smallest absolute Gasteiger partial charge is 0.0273 e. The van der Waals surface area contributed by atoms with Gasteiger partial charge >= 0.3 is 0 Å². The van der Waals surface area contributed by atoms with Crippen LogP contribution in [0.15, 0.2) is 12.1 Å². The molecule has 0 amide bonds. The summed E-state index contributed by atoms with van der Waals surface area (Å²) in [7, 11) is 0. The maximum Gasteiger partial charge on any atom is -0.0273 e. The molecule has 0 heteroatoms. The Hall–Kier alpha value is -0.780. The molecule has 0 heterocycles. The lowest BCUT2D eigenvalue weighted by Gasteiger charge is -2.16. The Morgan fingerprint density at radius 2 is 1.47 bits per heavy atom. The SMILES string of the molecule is CCCCc1ccc(C)c(CC)c1CCCC. The van der Waals surface area contributed by atoms with Crippen LogP contribution in [0.3, 0.4) is 0 Å². The zero-order valence-electron chi connectivity index (χ0n) is 12.1. The lowest BCUT2D eigenvalue weighted by atomic mass is 9.89. The van der Waals surface area contributed by atoms with Gasteiger partial charge in [0.2, 0.25) is 0 Å². The average Bonchev–Trinajstić information content (AvgIpc) is 2.35. The Morgan fingerprint density at radius 1 is 0.824 bits per heavy atom. The first-order chi connectivity index (χ1) is 8.24. The van der Waals surface area contributed by atoms with Gasteiger partial charge in [-0.25, -0.2) is 0 Å². The highest BCUT2D eigenvalue weighted by atomic mass is 14.1. The number of hydrogen-bond donors (Lipinski definition) is 0. The van der Waals surface area contributed by atoms with Crippen LogP contribution in [-0.4, -0.2) is 0 Å². The zero-order chi connectivity index (χ0) is 12.7. The van der Waals surface area contributed by atoms with Gasteiger partial charge < -0.3 is 0 Å². The quantitative estimate of drug-likeness (QED) is 0.603. The van der Waals surface area contributed by atoms with Gasteiger partial charge in [0.05, 0.1) is 0 Å². The standard InChI is InChI=1S/C17H28/c1-5-8-10-15-13-12-14(4)16(7-3)17(15)11-9-6-2/h12-13H,5-11H2,1-4H3.